The number of carbonyl (C=O) groups is 1. The Morgan fingerprint density at radius 3 is 2.72 bits per heavy atom. The molecule has 1 saturated heterocycles. The summed E-state index contributed by atoms with van der Waals surface area (Å²) in [5.41, 5.74) is 6.94. The molecular weight excluding hydrogens is 458 g/mol. The van der Waals surface area contributed by atoms with Crippen molar-refractivity contribution in [1.82, 2.24) is 10.2 Å². The molecule has 2 aromatic carbocycles. The lowest BCUT2D eigenvalue weighted by molar-refractivity contribution is 0.00484. The molecule has 8 heteroatoms. The molecule has 4 rings (SSSR count). The number of likely N-dealkylation sites (tertiary alicyclic amines) is 1. The summed E-state index contributed by atoms with van der Waals surface area (Å²) >= 11 is 0. The second-order valence-corrected chi connectivity index (χ2v) is 9.19. The van der Waals surface area contributed by atoms with Crippen LogP contribution in [0.15, 0.2) is 53.2 Å². The Bertz CT molecular complexity index is 1190. The second kappa shape index (κ2) is 11.5. The van der Waals surface area contributed by atoms with Gasteiger partial charge in [-0.3, -0.25) is 5.32 Å². The summed E-state index contributed by atoms with van der Waals surface area (Å²) in [5.74, 6) is 0.977. The van der Waals surface area contributed by atoms with Gasteiger partial charge in [0.05, 0.1) is 32.5 Å². The summed E-state index contributed by atoms with van der Waals surface area (Å²) in [5, 5.41) is 13.1. The number of benzene rings is 2. The van der Waals surface area contributed by atoms with Gasteiger partial charge in [0.2, 0.25) is 0 Å². The summed E-state index contributed by atoms with van der Waals surface area (Å²) < 4.78 is 16.3. The molecule has 2 amide bonds. The van der Waals surface area contributed by atoms with E-state index in [0.29, 0.717) is 63.0 Å². The standard InChI is InChI=1S/C28H33N3O5/c1-28(33)12-14-31(15-13-28)27(32)30-25-9-5-8-23-22(10-11-24(35-3)26(23)29-25)21-7-4-6-20(18-21)19-36-17-16-34-2/h4,6-11,18,33H,12-17,19H2,1-3H3,(H,29,30,32). The minimum Gasteiger partial charge on any atom is -0.494 e. The van der Waals surface area contributed by atoms with Crippen LogP contribution in [0.4, 0.5) is 10.5 Å². The molecule has 0 bridgehead atoms. The number of rotatable bonds is 7. The SMILES string of the molecule is COCCOCc1cccc(-c2ccc(OC)c3c2C=C=CC(NC(=O)N2CCC(C)(O)CC2)=N3)c1. The summed E-state index contributed by atoms with van der Waals surface area (Å²) in [6.07, 6.45) is 4.59. The van der Waals surface area contributed by atoms with Crippen molar-refractivity contribution in [1.29, 1.82) is 0 Å². The van der Waals surface area contributed by atoms with Crippen molar-refractivity contribution in [3.8, 4) is 16.9 Å². The third-order valence-electron chi connectivity index (χ3n) is 6.38. The van der Waals surface area contributed by atoms with Gasteiger partial charge < -0.3 is 24.2 Å². The van der Waals surface area contributed by atoms with Crippen LogP contribution in [-0.4, -0.2) is 68.0 Å². The van der Waals surface area contributed by atoms with E-state index in [4.69, 9.17) is 19.2 Å². The van der Waals surface area contributed by atoms with Crippen molar-refractivity contribution in [2.75, 3.05) is 40.5 Å². The molecule has 2 aliphatic heterocycles. The first kappa shape index (κ1) is 25.7. The number of nitrogens with one attached hydrogen (secondary N) is 1. The molecule has 2 N–H and O–H groups in total. The molecule has 190 valence electrons. The predicted molar refractivity (Wildman–Crippen MR) is 140 cm³/mol. The number of piperidine rings is 1. The fraction of sp³-hybridized carbons (Fsp3) is 0.393. The van der Waals surface area contributed by atoms with Gasteiger partial charge in [-0.2, -0.15) is 0 Å². The van der Waals surface area contributed by atoms with Gasteiger partial charge in [0.15, 0.2) is 0 Å². The highest BCUT2D eigenvalue weighted by molar-refractivity contribution is 6.06. The fourth-order valence-electron chi connectivity index (χ4n) is 4.23. The summed E-state index contributed by atoms with van der Waals surface area (Å²) in [4.78, 5) is 19.3. The van der Waals surface area contributed by atoms with Crippen molar-refractivity contribution >= 4 is 23.6 Å². The third-order valence-corrected chi connectivity index (χ3v) is 6.38. The molecule has 0 aromatic heterocycles. The Balaban J connectivity index is 1.59. The Morgan fingerprint density at radius 1 is 1.17 bits per heavy atom. The Kier molecular flexibility index (Phi) is 8.23. The number of hydrogen-bond donors (Lipinski definition) is 2. The van der Waals surface area contributed by atoms with Crippen LogP contribution in [0.5, 0.6) is 5.75 Å². The van der Waals surface area contributed by atoms with Crippen LogP contribution in [0.25, 0.3) is 17.2 Å². The molecule has 0 radical (unpaired) electrons. The number of urea groups is 1. The lowest BCUT2D eigenvalue weighted by Gasteiger charge is -2.35. The van der Waals surface area contributed by atoms with Crippen LogP contribution < -0.4 is 10.1 Å². The zero-order chi connectivity index (χ0) is 25.5. The molecular formula is C28H33N3O5. The van der Waals surface area contributed by atoms with Crippen molar-refractivity contribution in [3.63, 3.8) is 0 Å². The van der Waals surface area contributed by atoms with Crippen LogP contribution in [0.1, 0.15) is 30.9 Å². The normalized spacial score (nSPS) is 16.2. The first-order valence-corrected chi connectivity index (χ1v) is 12.1. The maximum Gasteiger partial charge on any atom is 0.323 e. The first-order chi connectivity index (χ1) is 17.4. The summed E-state index contributed by atoms with van der Waals surface area (Å²) in [6.45, 7) is 4.36. The molecule has 2 heterocycles. The largest absolute Gasteiger partial charge is 0.494 e. The number of ether oxygens (including phenoxy) is 3. The molecule has 0 atom stereocenters. The van der Waals surface area contributed by atoms with E-state index in [9.17, 15) is 9.90 Å². The van der Waals surface area contributed by atoms with Gasteiger partial charge in [0, 0.05) is 31.8 Å². The van der Waals surface area contributed by atoms with E-state index >= 15 is 0 Å². The van der Waals surface area contributed by atoms with Gasteiger partial charge in [-0.25, -0.2) is 9.79 Å². The third kappa shape index (κ3) is 6.22. The van der Waals surface area contributed by atoms with E-state index in [2.05, 4.69) is 17.1 Å². The average Bonchev–Trinajstić information content (AvgIpc) is 3.08. The minimum absolute atomic E-state index is 0.248. The minimum atomic E-state index is -0.727. The van der Waals surface area contributed by atoms with Crippen molar-refractivity contribution in [2.45, 2.75) is 32.0 Å². The number of aliphatic imine (C=N–C) groups is 1. The highest BCUT2D eigenvalue weighted by Crippen LogP contribution is 2.40. The fourth-order valence-corrected chi connectivity index (χ4v) is 4.23. The van der Waals surface area contributed by atoms with E-state index < -0.39 is 5.60 Å². The number of methoxy groups -OCH3 is 2. The van der Waals surface area contributed by atoms with Gasteiger partial charge >= 0.3 is 6.03 Å². The lowest BCUT2D eigenvalue weighted by Crippen LogP contribution is -2.49. The number of carbonyl (C=O) groups excluding carboxylic acids is 1. The number of fused-ring (bicyclic) bond motifs is 1. The molecule has 36 heavy (non-hydrogen) atoms. The van der Waals surface area contributed by atoms with Gasteiger partial charge in [0.1, 0.15) is 17.3 Å². The van der Waals surface area contributed by atoms with E-state index in [1.54, 1.807) is 32.1 Å². The number of amidine groups is 1. The van der Waals surface area contributed by atoms with Crippen LogP contribution in [-0.2, 0) is 16.1 Å². The quantitative estimate of drug-likeness (QED) is 0.445. The van der Waals surface area contributed by atoms with Crippen molar-refractivity contribution in [3.05, 3.63) is 59.3 Å². The average molecular weight is 492 g/mol. The zero-order valence-corrected chi connectivity index (χ0v) is 21.0. The highest BCUT2D eigenvalue weighted by Gasteiger charge is 2.30. The molecule has 0 aliphatic carbocycles. The summed E-state index contributed by atoms with van der Waals surface area (Å²) in [7, 11) is 3.25. The lowest BCUT2D eigenvalue weighted by atomic mass is 9.94. The number of amides is 2. The molecule has 0 spiro atoms. The number of aliphatic hydroxyl groups is 1. The molecule has 0 unspecified atom stereocenters. The smallest absolute Gasteiger partial charge is 0.323 e. The van der Waals surface area contributed by atoms with Crippen LogP contribution >= 0.6 is 0 Å². The van der Waals surface area contributed by atoms with E-state index in [0.717, 1.165) is 22.3 Å². The van der Waals surface area contributed by atoms with Crippen LogP contribution in [0, 0.1) is 0 Å². The van der Waals surface area contributed by atoms with Gasteiger partial charge in [-0.1, -0.05) is 18.2 Å². The highest BCUT2D eigenvalue weighted by atomic mass is 16.5. The first-order valence-electron chi connectivity index (χ1n) is 12.1. The Labute approximate surface area is 211 Å². The van der Waals surface area contributed by atoms with Gasteiger partial charge in [0.25, 0.3) is 0 Å². The van der Waals surface area contributed by atoms with Crippen molar-refractivity contribution in [2.24, 2.45) is 4.99 Å². The predicted octanol–water partition coefficient (Wildman–Crippen LogP) is 4.29. The second-order valence-electron chi connectivity index (χ2n) is 9.19. The number of hydrogen-bond acceptors (Lipinski definition) is 6. The molecule has 8 nitrogen and oxygen atoms in total. The van der Waals surface area contributed by atoms with Gasteiger partial charge in [-0.05, 0) is 60.7 Å². The van der Waals surface area contributed by atoms with E-state index in [1.165, 1.54) is 0 Å². The molecule has 2 aliphatic rings. The molecule has 2 aromatic rings. The van der Waals surface area contributed by atoms with E-state index in [1.807, 2.05) is 36.4 Å². The molecule has 1 fully saturated rings. The molecule has 0 saturated carbocycles. The summed E-state index contributed by atoms with van der Waals surface area (Å²) in [6, 6.07) is 11.8. The zero-order valence-electron chi connectivity index (χ0n) is 21.0. The Hall–Kier alpha value is -3.42. The monoisotopic (exact) mass is 491 g/mol. The van der Waals surface area contributed by atoms with E-state index in [-0.39, 0.29) is 6.03 Å². The van der Waals surface area contributed by atoms with Crippen molar-refractivity contribution < 1.29 is 24.1 Å². The maximum atomic E-state index is 12.9. The van der Waals surface area contributed by atoms with Crippen LogP contribution in [0.3, 0.4) is 0 Å². The van der Waals surface area contributed by atoms with Gasteiger partial charge in [-0.15, -0.1) is 5.73 Å². The Morgan fingerprint density at radius 2 is 1.97 bits per heavy atom. The number of nitrogens with zero attached hydrogens (tertiary/aromatic N) is 2. The maximum absolute atomic E-state index is 12.9. The van der Waals surface area contributed by atoms with Crippen LogP contribution in [0.2, 0.25) is 0 Å². The topological polar surface area (TPSA) is 92.6 Å².